The minimum atomic E-state index is -0.182. The quantitative estimate of drug-likeness (QED) is 0.527. The number of carbonyl (C=O) groups excluding carboxylic acids is 1. The van der Waals surface area contributed by atoms with E-state index in [1.165, 1.54) is 50.5 Å². The predicted molar refractivity (Wildman–Crippen MR) is 126 cm³/mol. The van der Waals surface area contributed by atoms with E-state index in [1.54, 1.807) is 7.11 Å². The number of benzene rings is 1. The first-order valence-electron chi connectivity index (χ1n) is 12.8. The summed E-state index contributed by atoms with van der Waals surface area (Å²) in [5.41, 5.74) is 5.06. The molecule has 0 radical (unpaired) electrons. The molecule has 0 bridgehead atoms. The van der Waals surface area contributed by atoms with E-state index in [-0.39, 0.29) is 29.4 Å². The molecule has 4 aliphatic rings. The van der Waals surface area contributed by atoms with E-state index < -0.39 is 0 Å². The molecule has 2 saturated heterocycles. The maximum atomic E-state index is 13.6. The normalized spacial score (nSPS) is 32.8. The monoisotopic (exact) mass is 451 g/mol. The maximum absolute atomic E-state index is 13.6. The van der Waals surface area contributed by atoms with Crippen molar-refractivity contribution in [1.82, 2.24) is 20.7 Å². The SMILES string of the molecule is COc1ccc(C2CC(C(=O)N3CC[C@@]4(CC4NC#N)C3)NN2C2CCCCCCC2)cc1. The lowest BCUT2D eigenvalue weighted by atomic mass is 9.94. The van der Waals surface area contributed by atoms with Gasteiger partial charge in [0.05, 0.1) is 13.2 Å². The molecule has 33 heavy (non-hydrogen) atoms. The Labute approximate surface area is 197 Å². The van der Waals surface area contributed by atoms with Crippen molar-refractivity contribution in [1.29, 1.82) is 5.26 Å². The van der Waals surface area contributed by atoms with Crippen LogP contribution < -0.4 is 15.5 Å². The summed E-state index contributed by atoms with van der Waals surface area (Å²) in [6.45, 7) is 1.58. The highest BCUT2D eigenvalue weighted by molar-refractivity contribution is 5.82. The van der Waals surface area contributed by atoms with Crippen molar-refractivity contribution in [2.75, 3.05) is 20.2 Å². The molecule has 4 fully saturated rings. The first-order valence-corrected chi connectivity index (χ1v) is 12.8. The van der Waals surface area contributed by atoms with Crippen LogP contribution in [0.15, 0.2) is 24.3 Å². The Morgan fingerprint density at radius 2 is 1.91 bits per heavy atom. The summed E-state index contributed by atoms with van der Waals surface area (Å²) in [6.07, 6.45) is 13.8. The average molecular weight is 452 g/mol. The summed E-state index contributed by atoms with van der Waals surface area (Å²) in [5, 5.41) is 14.3. The van der Waals surface area contributed by atoms with E-state index in [0.29, 0.717) is 6.04 Å². The van der Waals surface area contributed by atoms with Gasteiger partial charge in [0.1, 0.15) is 11.8 Å². The molecule has 3 unspecified atom stereocenters. The van der Waals surface area contributed by atoms with E-state index >= 15 is 0 Å². The Kier molecular flexibility index (Phi) is 6.49. The van der Waals surface area contributed by atoms with Crippen LogP contribution in [0.3, 0.4) is 0 Å². The van der Waals surface area contributed by atoms with Crippen LogP contribution in [0.5, 0.6) is 5.75 Å². The van der Waals surface area contributed by atoms with Crippen molar-refractivity contribution in [2.24, 2.45) is 5.41 Å². The first kappa shape index (κ1) is 22.5. The topological polar surface area (TPSA) is 80.6 Å². The molecule has 2 aliphatic heterocycles. The zero-order valence-electron chi connectivity index (χ0n) is 19.8. The van der Waals surface area contributed by atoms with E-state index in [2.05, 4.69) is 34.1 Å². The summed E-state index contributed by atoms with van der Waals surface area (Å²) in [7, 11) is 1.70. The van der Waals surface area contributed by atoms with Crippen LogP contribution in [0.4, 0.5) is 0 Å². The van der Waals surface area contributed by atoms with Gasteiger partial charge in [0.15, 0.2) is 6.19 Å². The average Bonchev–Trinajstić information content (AvgIpc) is 3.14. The lowest BCUT2D eigenvalue weighted by Crippen LogP contribution is -2.49. The third-order valence-electron chi connectivity index (χ3n) is 8.49. The molecule has 2 N–H and O–H groups in total. The van der Waals surface area contributed by atoms with Crippen molar-refractivity contribution in [2.45, 2.75) is 88.4 Å². The van der Waals surface area contributed by atoms with Gasteiger partial charge in [0.2, 0.25) is 5.91 Å². The number of hydrogen-bond donors (Lipinski definition) is 2. The number of nitriles is 1. The van der Waals surface area contributed by atoms with E-state index in [9.17, 15) is 4.79 Å². The van der Waals surface area contributed by atoms with Crippen molar-refractivity contribution in [3.63, 3.8) is 0 Å². The standard InChI is InChI=1S/C26H37N5O2/c1-33-21-11-9-19(10-12-21)23-15-22(29-31(23)20-7-5-3-2-4-6-8-20)25(32)30-14-13-26(17-30)16-24(26)28-18-27/h9-12,20,22-24,28-29H,2-8,13-17H2,1H3/t22?,23?,24?,26-/m1/s1. The summed E-state index contributed by atoms with van der Waals surface area (Å²) in [6, 6.07) is 9.09. The highest BCUT2D eigenvalue weighted by Crippen LogP contribution is 2.53. The summed E-state index contributed by atoms with van der Waals surface area (Å²) in [5.74, 6) is 1.09. The van der Waals surface area contributed by atoms with Gasteiger partial charge in [-0.05, 0) is 49.8 Å². The van der Waals surface area contributed by atoms with Gasteiger partial charge in [-0.2, -0.15) is 5.26 Å². The molecular formula is C26H37N5O2. The molecule has 7 heteroatoms. The molecular weight excluding hydrogens is 414 g/mol. The second kappa shape index (κ2) is 9.52. The van der Waals surface area contributed by atoms with Gasteiger partial charge in [-0.25, -0.2) is 10.4 Å². The molecule has 7 nitrogen and oxygen atoms in total. The zero-order chi connectivity index (χ0) is 22.8. The molecule has 1 spiro atoms. The minimum Gasteiger partial charge on any atom is -0.497 e. The number of rotatable bonds is 5. The van der Waals surface area contributed by atoms with Crippen molar-refractivity contribution in [3.05, 3.63) is 29.8 Å². The molecule has 1 aromatic carbocycles. The van der Waals surface area contributed by atoms with Crippen molar-refractivity contribution in [3.8, 4) is 11.9 Å². The van der Waals surface area contributed by atoms with Crippen LogP contribution in [0.25, 0.3) is 0 Å². The smallest absolute Gasteiger partial charge is 0.241 e. The molecule has 0 aromatic heterocycles. The van der Waals surface area contributed by atoms with Gasteiger partial charge in [-0.15, -0.1) is 0 Å². The van der Waals surface area contributed by atoms with Crippen LogP contribution in [0.2, 0.25) is 0 Å². The zero-order valence-corrected chi connectivity index (χ0v) is 19.8. The Balaban J connectivity index is 1.31. The fraction of sp³-hybridized carbons (Fsp3) is 0.692. The third kappa shape index (κ3) is 4.56. The fourth-order valence-corrected chi connectivity index (χ4v) is 6.40. The van der Waals surface area contributed by atoms with Gasteiger partial charge in [0, 0.05) is 30.6 Å². The van der Waals surface area contributed by atoms with Crippen LogP contribution in [-0.2, 0) is 4.79 Å². The third-order valence-corrected chi connectivity index (χ3v) is 8.49. The number of nitrogens with zero attached hydrogens (tertiary/aromatic N) is 3. The van der Waals surface area contributed by atoms with Crippen LogP contribution in [0.1, 0.15) is 75.8 Å². The van der Waals surface area contributed by atoms with Crippen molar-refractivity contribution < 1.29 is 9.53 Å². The van der Waals surface area contributed by atoms with Gasteiger partial charge in [-0.1, -0.05) is 44.2 Å². The molecule has 5 rings (SSSR count). The Morgan fingerprint density at radius 1 is 1.18 bits per heavy atom. The highest BCUT2D eigenvalue weighted by Gasteiger charge is 2.59. The van der Waals surface area contributed by atoms with Crippen LogP contribution in [-0.4, -0.2) is 54.1 Å². The molecule has 2 heterocycles. The number of nitrogens with one attached hydrogen (secondary N) is 2. The number of methoxy groups -OCH3 is 1. The van der Waals surface area contributed by atoms with Crippen LogP contribution >= 0.6 is 0 Å². The van der Waals surface area contributed by atoms with Gasteiger partial charge in [0.25, 0.3) is 0 Å². The van der Waals surface area contributed by atoms with Crippen LogP contribution in [0, 0.1) is 16.9 Å². The number of amides is 1. The van der Waals surface area contributed by atoms with Gasteiger partial charge in [-0.3, -0.25) is 4.79 Å². The fourth-order valence-electron chi connectivity index (χ4n) is 6.40. The minimum absolute atomic E-state index is 0.124. The van der Waals surface area contributed by atoms with Crippen molar-refractivity contribution >= 4 is 5.91 Å². The van der Waals surface area contributed by atoms with E-state index in [1.807, 2.05) is 17.0 Å². The van der Waals surface area contributed by atoms with Gasteiger partial charge >= 0.3 is 0 Å². The second-order valence-electron chi connectivity index (χ2n) is 10.5. The number of ether oxygens (including phenoxy) is 1. The van der Waals surface area contributed by atoms with E-state index in [4.69, 9.17) is 10.00 Å². The molecule has 2 aliphatic carbocycles. The molecule has 4 atom stereocenters. The number of hydrogen-bond acceptors (Lipinski definition) is 6. The first-order chi connectivity index (χ1) is 16.1. The maximum Gasteiger partial charge on any atom is 0.241 e. The molecule has 178 valence electrons. The summed E-state index contributed by atoms with van der Waals surface area (Å²) in [4.78, 5) is 15.6. The molecule has 2 saturated carbocycles. The number of carbonyl (C=O) groups is 1. The Morgan fingerprint density at radius 3 is 2.61 bits per heavy atom. The second-order valence-corrected chi connectivity index (χ2v) is 10.5. The Hall–Kier alpha value is -2.30. The molecule has 1 aromatic rings. The largest absolute Gasteiger partial charge is 0.497 e. The van der Waals surface area contributed by atoms with E-state index in [0.717, 1.165) is 38.1 Å². The lowest BCUT2D eigenvalue weighted by Gasteiger charge is -2.34. The Bertz CT molecular complexity index is 876. The highest BCUT2D eigenvalue weighted by atomic mass is 16.5. The summed E-state index contributed by atoms with van der Waals surface area (Å²) < 4.78 is 5.37. The predicted octanol–water partition coefficient (Wildman–Crippen LogP) is 3.49. The summed E-state index contributed by atoms with van der Waals surface area (Å²) >= 11 is 0. The molecule has 1 amide bonds. The number of hydrazine groups is 1. The van der Waals surface area contributed by atoms with Gasteiger partial charge < -0.3 is 15.0 Å². The number of likely N-dealkylation sites (tertiary alicyclic amines) is 1. The lowest BCUT2D eigenvalue weighted by molar-refractivity contribution is -0.132.